The number of ketones is 1. The molecule has 0 unspecified atom stereocenters. The maximum atomic E-state index is 13.8. The third-order valence-corrected chi connectivity index (χ3v) is 5.10. The van der Waals surface area contributed by atoms with Crippen molar-refractivity contribution in [3.63, 3.8) is 0 Å². The minimum absolute atomic E-state index is 0.0389. The summed E-state index contributed by atoms with van der Waals surface area (Å²) in [5.74, 6) is -2.39. The Hall–Kier alpha value is -2.94. The maximum Gasteiger partial charge on any atom is 0.423 e. The molecule has 198 valence electrons. The van der Waals surface area contributed by atoms with E-state index < -0.39 is 51.7 Å². The Kier molecular flexibility index (Phi) is 8.94. The van der Waals surface area contributed by atoms with E-state index in [2.05, 4.69) is 5.32 Å². The largest absolute Gasteiger partial charge is 0.506 e. The van der Waals surface area contributed by atoms with E-state index in [0.29, 0.717) is 11.1 Å². The number of alkyl halides is 3. The first-order valence-electron chi connectivity index (χ1n) is 11.2. The number of rotatable bonds is 7. The van der Waals surface area contributed by atoms with Crippen LogP contribution in [0.5, 0.6) is 11.5 Å². The first kappa shape index (κ1) is 29.3. The molecule has 0 saturated heterocycles. The van der Waals surface area contributed by atoms with Crippen LogP contribution in [0.2, 0.25) is 5.02 Å². The predicted octanol–water partition coefficient (Wildman–Crippen LogP) is 7.29. The van der Waals surface area contributed by atoms with Crippen LogP contribution in [0.25, 0.3) is 0 Å². The molecular weight excluding hydrogens is 499 g/mol. The van der Waals surface area contributed by atoms with Gasteiger partial charge in [-0.2, -0.15) is 13.2 Å². The van der Waals surface area contributed by atoms with Gasteiger partial charge in [0.1, 0.15) is 29.3 Å². The van der Waals surface area contributed by atoms with E-state index in [1.807, 2.05) is 0 Å². The molecule has 10 heteroatoms. The molecule has 0 aliphatic heterocycles. The molecule has 0 radical (unpaired) electrons. The molecule has 0 fully saturated rings. The fourth-order valence-corrected chi connectivity index (χ4v) is 3.49. The highest BCUT2D eigenvalue weighted by Crippen LogP contribution is 2.44. The zero-order valence-corrected chi connectivity index (χ0v) is 21.9. The number of carbonyl (C=O) groups is 2. The van der Waals surface area contributed by atoms with E-state index in [1.165, 1.54) is 0 Å². The van der Waals surface area contributed by atoms with Gasteiger partial charge in [0.05, 0.1) is 5.56 Å². The van der Waals surface area contributed by atoms with Crippen molar-refractivity contribution in [3.05, 3.63) is 57.6 Å². The van der Waals surface area contributed by atoms with Gasteiger partial charge < -0.3 is 19.9 Å². The number of phenols is 1. The molecule has 0 spiro atoms. The topological polar surface area (TPSA) is 84.9 Å². The van der Waals surface area contributed by atoms with Crippen LogP contribution in [0.3, 0.4) is 0 Å². The van der Waals surface area contributed by atoms with Crippen LogP contribution in [0, 0.1) is 5.41 Å². The lowest BCUT2D eigenvalue weighted by Gasteiger charge is -2.20. The molecule has 1 amide bonds. The van der Waals surface area contributed by atoms with Crippen LogP contribution in [-0.4, -0.2) is 22.6 Å². The van der Waals surface area contributed by atoms with Crippen LogP contribution < -0.4 is 10.1 Å². The minimum Gasteiger partial charge on any atom is -0.506 e. The second-order valence-electron chi connectivity index (χ2n) is 10.6. The quantitative estimate of drug-likeness (QED) is 0.368. The molecule has 0 aromatic heterocycles. The number of halogens is 4. The molecule has 2 aromatic rings. The van der Waals surface area contributed by atoms with Crippen molar-refractivity contribution < 1.29 is 37.3 Å². The van der Waals surface area contributed by atoms with E-state index >= 15 is 0 Å². The van der Waals surface area contributed by atoms with Gasteiger partial charge in [0.15, 0.2) is 5.78 Å². The van der Waals surface area contributed by atoms with Crippen molar-refractivity contribution in [2.75, 3.05) is 0 Å². The first-order valence-corrected chi connectivity index (χ1v) is 11.6. The van der Waals surface area contributed by atoms with Gasteiger partial charge in [-0.05, 0) is 49.9 Å². The SMILES string of the molecule is CC(C)(C)CC(=O)c1ccc(OCc2ccc(CNC(=O)OC(C)(C)C)cc2Cl)c(C(F)(F)F)c1O. The van der Waals surface area contributed by atoms with Gasteiger partial charge in [0.2, 0.25) is 0 Å². The third kappa shape index (κ3) is 8.62. The molecule has 2 N–H and O–H groups in total. The summed E-state index contributed by atoms with van der Waals surface area (Å²) in [6.07, 6.45) is -5.60. The molecule has 2 rings (SSSR count). The summed E-state index contributed by atoms with van der Waals surface area (Å²) in [6, 6.07) is 6.89. The van der Waals surface area contributed by atoms with Gasteiger partial charge >= 0.3 is 12.3 Å². The number of carbonyl (C=O) groups excluding carboxylic acids is 2. The van der Waals surface area contributed by atoms with E-state index in [4.69, 9.17) is 21.1 Å². The van der Waals surface area contributed by atoms with E-state index in [-0.39, 0.29) is 24.6 Å². The summed E-state index contributed by atoms with van der Waals surface area (Å²) in [6.45, 7) is 10.3. The van der Waals surface area contributed by atoms with Gasteiger partial charge in [-0.25, -0.2) is 4.79 Å². The summed E-state index contributed by atoms with van der Waals surface area (Å²) in [4.78, 5) is 24.3. The van der Waals surface area contributed by atoms with Gasteiger partial charge in [-0.15, -0.1) is 0 Å². The fourth-order valence-electron chi connectivity index (χ4n) is 3.23. The van der Waals surface area contributed by atoms with E-state index in [9.17, 15) is 27.9 Å². The second kappa shape index (κ2) is 11.0. The first-order chi connectivity index (χ1) is 16.4. The summed E-state index contributed by atoms with van der Waals surface area (Å²) in [7, 11) is 0. The lowest BCUT2D eigenvalue weighted by molar-refractivity contribution is -0.140. The third-order valence-electron chi connectivity index (χ3n) is 4.75. The molecule has 0 heterocycles. The average Bonchev–Trinajstić information content (AvgIpc) is 2.67. The fraction of sp³-hybridized carbons (Fsp3) is 0.462. The zero-order chi connectivity index (χ0) is 27.5. The predicted molar refractivity (Wildman–Crippen MR) is 130 cm³/mol. The van der Waals surface area contributed by atoms with Crippen molar-refractivity contribution in [3.8, 4) is 11.5 Å². The number of alkyl carbamates (subject to hydrolysis) is 1. The zero-order valence-electron chi connectivity index (χ0n) is 21.1. The molecular formula is C26H31ClF3NO5. The smallest absolute Gasteiger partial charge is 0.423 e. The van der Waals surface area contributed by atoms with Gasteiger partial charge in [-0.3, -0.25) is 4.79 Å². The molecule has 6 nitrogen and oxygen atoms in total. The summed E-state index contributed by atoms with van der Waals surface area (Å²) in [5, 5.41) is 13.1. The molecule has 0 atom stereocenters. The lowest BCUT2D eigenvalue weighted by Crippen LogP contribution is -2.32. The van der Waals surface area contributed by atoms with Gasteiger partial charge in [0.25, 0.3) is 0 Å². The number of benzene rings is 2. The number of Topliss-reactive ketones (excluding diaryl/α,β-unsaturated/α-hetero) is 1. The Morgan fingerprint density at radius 3 is 2.19 bits per heavy atom. The van der Waals surface area contributed by atoms with Crippen LogP contribution >= 0.6 is 11.6 Å². The molecule has 2 aromatic carbocycles. The normalized spacial score (nSPS) is 12.3. The van der Waals surface area contributed by atoms with Crippen LogP contribution in [0.15, 0.2) is 30.3 Å². The van der Waals surface area contributed by atoms with E-state index in [1.54, 1.807) is 59.7 Å². The van der Waals surface area contributed by atoms with Crippen molar-refractivity contribution in [1.82, 2.24) is 5.32 Å². The molecule has 0 aliphatic rings. The Morgan fingerprint density at radius 1 is 1.03 bits per heavy atom. The standard InChI is InChI=1S/C26H31ClF3NO5/c1-24(2,3)12-19(32)17-9-10-20(21(22(17)33)26(28,29)30)35-14-16-8-7-15(11-18(16)27)13-31-23(34)36-25(4,5)6/h7-11,33H,12-14H2,1-6H3,(H,31,34). The van der Waals surface area contributed by atoms with Gasteiger partial charge in [0, 0.05) is 23.6 Å². The molecule has 0 bridgehead atoms. The van der Waals surface area contributed by atoms with Crippen molar-refractivity contribution in [2.24, 2.45) is 5.41 Å². The Balaban J connectivity index is 2.19. The molecule has 0 saturated carbocycles. The number of phenolic OH excluding ortho intramolecular Hbond substituents is 1. The molecule has 0 aliphatic carbocycles. The number of nitrogens with one attached hydrogen (secondary N) is 1. The average molecular weight is 530 g/mol. The summed E-state index contributed by atoms with van der Waals surface area (Å²) in [5.41, 5.74) is -1.92. The number of hydrogen-bond acceptors (Lipinski definition) is 5. The number of ether oxygens (including phenoxy) is 2. The number of amides is 1. The highest BCUT2D eigenvalue weighted by Gasteiger charge is 2.40. The van der Waals surface area contributed by atoms with Crippen LogP contribution in [-0.2, 0) is 24.1 Å². The minimum atomic E-state index is -4.96. The second-order valence-corrected chi connectivity index (χ2v) is 11.0. The monoisotopic (exact) mass is 529 g/mol. The number of aromatic hydroxyl groups is 1. The lowest BCUT2D eigenvalue weighted by atomic mass is 9.87. The van der Waals surface area contributed by atoms with Crippen molar-refractivity contribution >= 4 is 23.5 Å². The number of hydrogen-bond donors (Lipinski definition) is 2. The Labute approximate surface area is 213 Å². The highest BCUT2D eigenvalue weighted by atomic mass is 35.5. The maximum absolute atomic E-state index is 13.8. The Morgan fingerprint density at radius 2 is 1.67 bits per heavy atom. The van der Waals surface area contributed by atoms with Crippen LogP contribution in [0.1, 0.15) is 75.0 Å². The van der Waals surface area contributed by atoms with Crippen LogP contribution in [0.4, 0.5) is 18.0 Å². The summed E-state index contributed by atoms with van der Waals surface area (Å²) < 4.78 is 51.9. The van der Waals surface area contributed by atoms with Crippen molar-refractivity contribution in [2.45, 2.75) is 72.9 Å². The Bertz CT molecular complexity index is 1120. The van der Waals surface area contributed by atoms with Crippen molar-refractivity contribution in [1.29, 1.82) is 0 Å². The molecule has 36 heavy (non-hydrogen) atoms. The summed E-state index contributed by atoms with van der Waals surface area (Å²) >= 11 is 6.27. The van der Waals surface area contributed by atoms with Gasteiger partial charge in [-0.1, -0.05) is 44.5 Å². The highest BCUT2D eigenvalue weighted by molar-refractivity contribution is 6.31. The van der Waals surface area contributed by atoms with E-state index in [0.717, 1.165) is 12.1 Å².